The van der Waals surface area contributed by atoms with Crippen LogP contribution >= 0.6 is 0 Å². The lowest BCUT2D eigenvalue weighted by molar-refractivity contribution is 0.152. The second-order valence-corrected chi connectivity index (χ2v) is 5.67. The molecule has 1 fully saturated rings. The normalized spacial score (nSPS) is 26.6. The van der Waals surface area contributed by atoms with Crippen molar-refractivity contribution in [2.75, 3.05) is 6.61 Å². The Labute approximate surface area is 116 Å². The van der Waals surface area contributed by atoms with Crippen LogP contribution in [0.25, 0.3) is 0 Å². The minimum absolute atomic E-state index is 0.145. The standard InChI is InChI=1S/C17H23NO/c1-2-15-7-6-10-17(13-15,14-18)11-12-19-16-8-4-3-5-9-16/h3-5,8-9,15H,2,6-7,10-13H2,1H3. The van der Waals surface area contributed by atoms with E-state index in [0.29, 0.717) is 6.61 Å². The first-order valence-electron chi connectivity index (χ1n) is 7.37. The molecule has 0 radical (unpaired) electrons. The van der Waals surface area contributed by atoms with Gasteiger partial charge in [0.1, 0.15) is 5.75 Å². The molecule has 0 saturated heterocycles. The van der Waals surface area contributed by atoms with Gasteiger partial charge < -0.3 is 4.74 Å². The van der Waals surface area contributed by atoms with Gasteiger partial charge in [0.2, 0.25) is 0 Å². The molecule has 0 aromatic heterocycles. The Morgan fingerprint density at radius 1 is 1.37 bits per heavy atom. The van der Waals surface area contributed by atoms with Crippen LogP contribution in [0.1, 0.15) is 45.4 Å². The number of benzene rings is 1. The van der Waals surface area contributed by atoms with Crippen molar-refractivity contribution in [3.8, 4) is 11.8 Å². The predicted molar refractivity (Wildman–Crippen MR) is 76.8 cm³/mol. The van der Waals surface area contributed by atoms with Crippen LogP contribution < -0.4 is 4.74 Å². The number of nitriles is 1. The molecule has 2 atom stereocenters. The SMILES string of the molecule is CCC1CCCC(C#N)(CCOc2ccccc2)C1. The molecule has 2 unspecified atom stereocenters. The first kappa shape index (κ1) is 13.9. The first-order valence-corrected chi connectivity index (χ1v) is 7.37. The average Bonchev–Trinajstić information content (AvgIpc) is 2.48. The highest BCUT2D eigenvalue weighted by molar-refractivity contribution is 5.20. The van der Waals surface area contributed by atoms with E-state index in [1.807, 2.05) is 30.3 Å². The Morgan fingerprint density at radius 2 is 2.16 bits per heavy atom. The molecule has 0 aliphatic heterocycles. The van der Waals surface area contributed by atoms with Gasteiger partial charge in [-0.15, -0.1) is 0 Å². The van der Waals surface area contributed by atoms with Crippen molar-refractivity contribution in [2.45, 2.75) is 45.4 Å². The molecule has 0 spiro atoms. The minimum atomic E-state index is -0.145. The van der Waals surface area contributed by atoms with Gasteiger partial charge >= 0.3 is 0 Å². The van der Waals surface area contributed by atoms with Crippen LogP contribution in [0.2, 0.25) is 0 Å². The van der Waals surface area contributed by atoms with E-state index < -0.39 is 0 Å². The van der Waals surface area contributed by atoms with E-state index in [-0.39, 0.29) is 5.41 Å². The zero-order valence-electron chi connectivity index (χ0n) is 11.8. The highest BCUT2D eigenvalue weighted by Crippen LogP contribution is 2.42. The highest BCUT2D eigenvalue weighted by Gasteiger charge is 2.35. The van der Waals surface area contributed by atoms with Gasteiger partial charge in [-0.1, -0.05) is 44.4 Å². The van der Waals surface area contributed by atoms with Gasteiger partial charge in [-0.05, 0) is 30.9 Å². The maximum atomic E-state index is 9.55. The van der Waals surface area contributed by atoms with Crippen molar-refractivity contribution in [3.63, 3.8) is 0 Å². The summed E-state index contributed by atoms with van der Waals surface area (Å²) in [6.45, 7) is 2.88. The second kappa shape index (κ2) is 6.61. The van der Waals surface area contributed by atoms with Crippen molar-refractivity contribution in [3.05, 3.63) is 30.3 Å². The summed E-state index contributed by atoms with van der Waals surface area (Å²) in [5, 5.41) is 9.55. The smallest absolute Gasteiger partial charge is 0.119 e. The van der Waals surface area contributed by atoms with Crippen LogP contribution in [0.4, 0.5) is 0 Å². The third-order valence-corrected chi connectivity index (χ3v) is 4.35. The molecular weight excluding hydrogens is 234 g/mol. The van der Waals surface area contributed by atoms with Crippen molar-refractivity contribution in [2.24, 2.45) is 11.3 Å². The van der Waals surface area contributed by atoms with Crippen LogP contribution in [0.15, 0.2) is 30.3 Å². The summed E-state index contributed by atoms with van der Waals surface area (Å²) in [7, 11) is 0. The van der Waals surface area contributed by atoms with Gasteiger partial charge in [0.25, 0.3) is 0 Å². The van der Waals surface area contributed by atoms with Crippen molar-refractivity contribution in [1.29, 1.82) is 5.26 Å². The summed E-state index contributed by atoms with van der Waals surface area (Å²) in [5.74, 6) is 1.63. The summed E-state index contributed by atoms with van der Waals surface area (Å²) in [6.07, 6.45) is 6.63. The van der Waals surface area contributed by atoms with Crippen LogP contribution in [0, 0.1) is 22.7 Å². The molecule has 2 rings (SSSR count). The van der Waals surface area contributed by atoms with Gasteiger partial charge in [-0.25, -0.2) is 0 Å². The van der Waals surface area contributed by atoms with E-state index in [9.17, 15) is 5.26 Å². The number of ether oxygens (including phenoxy) is 1. The zero-order valence-corrected chi connectivity index (χ0v) is 11.8. The molecule has 0 amide bonds. The Morgan fingerprint density at radius 3 is 2.84 bits per heavy atom. The number of nitrogens with zero attached hydrogens (tertiary/aromatic N) is 1. The Balaban J connectivity index is 1.87. The van der Waals surface area contributed by atoms with E-state index in [1.165, 1.54) is 19.3 Å². The van der Waals surface area contributed by atoms with E-state index >= 15 is 0 Å². The molecule has 19 heavy (non-hydrogen) atoms. The van der Waals surface area contributed by atoms with Crippen LogP contribution in [-0.2, 0) is 0 Å². The van der Waals surface area contributed by atoms with Crippen LogP contribution in [-0.4, -0.2) is 6.61 Å². The van der Waals surface area contributed by atoms with Gasteiger partial charge in [0.05, 0.1) is 18.1 Å². The number of hydrogen-bond acceptors (Lipinski definition) is 2. The Kier molecular flexibility index (Phi) is 4.85. The summed E-state index contributed by atoms with van der Waals surface area (Å²) in [4.78, 5) is 0. The van der Waals surface area contributed by atoms with E-state index in [2.05, 4.69) is 13.0 Å². The highest BCUT2D eigenvalue weighted by atomic mass is 16.5. The Bertz CT molecular complexity index is 423. The molecule has 1 aliphatic carbocycles. The van der Waals surface area contributed by atoms with Gasteiger partial charge in [-0.2, -0.15) is 5.26 Å². The third kappa shape index (κ3) is 3.73. The molecule has 1 saturated carbocycles. The second-order valence-electron chi connectivity index (χ2n) is 5.67. The molecule has 0 heterocycles. The quantitative estimate of drug-likeness (QED) is 0.774. The number of rotatable bonds is 5. The van der Waals surface area contributed by atoms with Crippen LogP contribution in [0.5, 0.6) is 5.75 Å². The Hall–Kier alpha value is -1.49. The maximum Gasteiger partial charge on any atom is 0.119 e. The fourth-order valence-corrected chi connectivity index (χ4v) is 3.10. The molecule has 0 N–H and O–H groups in total. The number of para-hydroxylation sites is 1. The first-order chi connectivity index (χ1) is 9.28. The van der Waals surface area contributed by atoms with Crippen molar-refractivity contribution < 1.29 is 4.74 Å². The fourth-order valence-electron chi connectivity index (χ4n) is 3.10. The minimum Gasteiger partial charge on any atom is -0.494 e. The number of hydrogen-bond donors (Lipinski definition) is 0. The molecule has 1 aromatic rings. The predicted octanol–water partition coefficient (Wildman–Crippen LogP) is 4.57. The summed E-state index contributed by atoms with van der Waals surface area (Å²) < 4.78 is 5.75. The topological polar surface area (TPSA) is 33.0 Å². The largest absolute Gasteiger partial charge is 0.494 e. The van der Waals surface area contributed by atoms with E-state index in [1.54, 1.807) is 0 Å². The maximum absolute atomic E-state index is 9.55. The molecule has 2 heteroatoms. The molecule has 0 bridgehead atoms. The van der Waals surface area contributed by atoms with Crippen molar-refractivity contribution >= 4 is 0 Å². The van der Waals surface area contributed by atoms with E-state index in [0.717, 1.165) is 30.9 Å². The molecule has 102 valence electrons. The zero-order chi connectivity index (χ0) is 13.6. The lowest BCUT2D eigenvalue weighted by Crippen LogP contribution is -2.29. The third-order valence-electron chi connectivity index (χ3n) is 4.35. The van der Waals surface area contributed by atoms with Gasteiger partial charge in [0.15, 0.2) is 0 Å². The van der Waals surface area contributed by atoms with Gasteiger partial charge in [0, 0.05) is 6.42 Å². The summed E-state index contributed by atoms with van der Waals surface area (Å²) >= 11 is 0. The monoisotopic (exact) mass is 257 g/mol. The fraction of sp³-hybridized carbons (Fsp3) is 0.588. The molecule has 2 nitrogen and oxygen atoms in total. The molecule has 1 aromatic carbocycles. The lowest BCUT2D eigenvalue weighted by atomic mass is 9.68. The van der Waals surface area contributed by atoms with Gasteiger partial charge in [-0.3, -0.25) is 0 Å². The lowest BCUT2D eigenvalue weighted by Gasteiger charge is -2.35. The van der Waals surface area contributed by atoms with Crippen LogP contribution in [0.3, 0.4) is 0 Å². The summed E-state index contributed by atoms with van der Waals surface area (Å²) in [6, 6.07) is 12.5. The molecule has 1 aliphatic rings. The summed E-state index contributed by atoms with van der Waals surface area (Å²) in [5.41, 5.74) is -0.145. The van der Waals surface area contributed by atoms with Crippen molar-refractivity contribution in [1.82, 2.24) is 0 Å². The average molecular weight is 257 g/mol. The molecular formula is C17H23NO. The van der Waals surface area contributed by atoms with E-state index in [4.69, 9.17) is 4.74 Å².